The van der Waals surface area contributed by atoms with E-state index in [0.29, 0.717) is 10.9 Å². The molecule has 0 aliphatic heterocycles. The molecule has 2 aromatic carbocycles. The van der Waals surface area contributed by atoms with Gasteiger partial charge in [-0.15, -0.1) is 0 Å². The molecular weight excluding hydrogens is 257 g/mol. The van der Waals surface area contributed by atoms with Crippen molar-refractivity contribution in [2.24, 2.45) is 0 Å². The number of halogens is 1. The van der Waals surface area contributed by atoms with Gasteiger partial charge in [-0.2, -0.15) is 5.10 Å². The Labute approximate surface area is 114 Å². The number of benzene rings is 2. The first-order chi connectivity index (χ1) is 9.66. The first-order valence-corrected chi connectivity index (χ1v) is 6.16. The summed E-state index contributed by atoms with van der Waals surface area (Å²) in [5, 5.41) is 10.1. The predicted octanol–water partition coefficient (Wildman–Crippen LogP) is 3.26. The lowest BCUT2D eigenvalue weighted by Gasteiger charge is -2.08. The van der Waals surface area contributed by atoms with Crippen LogP contribution in [0.1, 0.15) is 16.1 Å². The number of H-pyrrole nitrogens is 1. The Balaban J connectivity index is 1.98. The lowest BCUT2D eigenvalue weighted by molar-refractivity contribution is 0.102. The maximum Gasteiger partial charge on any atom is 0.276 e. The molecule has 1 amide bonds. The summed E-state index contributed by atoms with van der Waals surface area (Å²) in [6.07, 6.45) is 0. The first-order valence-electron chi connectivity index (χ1n) is 6.16. The van der Waals surface area contributed by atoms with Crippen LogP contribution in [0.3, 0.4) is 0 Å². The highest BCUT2D eigenvalue weighted by molar-refractivity contribution is 6.11. The SMILES string of the molecule is Cc1cccc(F)c1NC(=O)c1n[nH]c2ccccc12. The Kier molecular flexibility index (Phi) is 2.95. The second kappa shape index (κ2) is 4.77. The van der Waals surface area contributed by atoms with E-state index in [1.807, 2.05) is 18.2 Å². The fourth-order valence-electron chi connectivity index (χ4n) is 2.10. The number of para-hydroxylation sites is 2. The Bertz CT molecular complexity index is 774. The quantitative estimate of drug-likeness (QED) is 0.750. The monoisotopic (exact) mass is 269 g/mol. The van der Waals surface area contributed by atoms with Crippen LogP contribution in [0.5, 0.6) is 0 Å². The zero-order valence-electron chi connectivity index (χ0n) is 10.8. The molecule has 0 bridgehead atoms. The molecule has 5 heteroatoms. The van der Waals surface area contributed by atoms with E-state index in [1.54, 1.807) is 25.1 Å². The number of hydrogen-bond donors (Lipinski definition) is 2. The summed E-state index contributed by atoms with van der Waals surface area (Å²) in [5.74, 6) is -0.895. The molecule has 0 aliphatic rings. The standard InChI is InChI=1S/C15H12FN3O/c1-9-5-4-7-11(16)13(9)17-15(20)14-10-6-2-3-8-12(10)18-19-14/h2-8H,1H3,(H,17,20)(H,18,19). The van der Waals surface area contributed by atoms with Crippen molar-refractivity contribution in [3.8, 4) is 0 Å². The van der Waals surface area contributed by atoms with Gasteiger partial charge in [0.2, 0.25) is 0 Å². The van der Waals surface area contributed by atoms with Crippen molar-refractivity contribution in [2.45, 2.75) is 6.92 Å². The number of aryl methyl sites for hydroxylation is 1. The Morgan fingerprint density at radius 2 is 2.00 bits per heavy atom. The third-order valence-corrected chi connectivity index (χ3v) is 3.15. The van der Waals surface area contributed by atoms with Crippen LogP contribution >= 0.6 is 0 Å². The van der Waals surface area contributed by atoms with Crippen molar-refractivity contribution < 1.29 is 9.18 Å². The van der Waals surface area contributed by atoms with E-state index in [-0.39, 0.29) is 11.4 Å². The summed E-state index contributed by atoms with van der Waals surface area (Å²) >= 11 is 0. The summed E-state index contributed by atoms with van der Waals surface area (Å²) in [4.78, 5) is 12.2. The number of rotatable bonds is 2. The number of carbonyl (C=O) groups excluding carboxylic acids is 1. The van der Waals surface area contributed by atoms with Crippen molar-refractivity contribution in [3.05, 3.63) is 59.5 Å². The van der Waals surface area contributed by atoms with E-state index in [4.69, 9.17) is 0 Å². The van der Waals surface area contributed by atoms with Crippen molar-refractivity contribution in [2.75, 3.05) is 5.32 Å². The normalized spacial score (nSPS) is 10.7. The maximum atomic E-state index is 13.7. The average Bonchev–Trinajstić information content (AvgIpc) is 2.87. The zero-order chi connectivity index (χ0) is 14.1. The van der Waals surface area contributed by atoms with E-state index < -0.39 is 11.7 Å². The van der Waals surface area contributed by atoms with Gasteiger partial charge in [0.05, 0.1) is 11.2 Å². The second-order valence-corrected chi connectivity index (χ2v) is 4.50. The van der Waals surface area contributed by atoms with Crippen molar-refractivity contribution in [3.63, 3.8) is 0 Å². The van der Waals surface area contributed by atoms with Gasteiger partial charge in [0.1, 0.15) is 5.82 Å². The topological polar surface area (TPSA) is 57.8 Å². The summed E-state index contributed by atoms with van der Waals surface area (Å²) in [7, 11) is 0. The second-order valence-electron chi connectivity index (χ2n) is 4.50. The van der Waals surface area contributed by atoms with Gasteiger partial charge in [0, 0.05) is 5.39 Å². The molecule has 0 fully saturated rings. The molecule has 1 aromatic heterocycles. The van der Waals surface area contributed by atoms with Gasteiger partial charge in [-0.05, 0) is 24.6 Å². The molecule has 2 N–H and O–H groups in total. The number of aromatic amines is 1. The van der Waals surface area contributed by atoms with Crippen LogP contribution in [0, 0.1) is 12.7 Å². The fraction of sp³-hybridized carbons (Fsp3) is 0.0667. The molecule has 0 unspecified atom stereocenters. The number of hydrogen-bond acceptors (Lipinski definition) is 2. The summed E-state index contributed by atoms with van der Waals surface area (Å²) < 4.78 is 13.7. The molecule has 3 aromatic rings. The smallest absolute Gasteiger partial charge is 0.276 e. The highest BCUT2D eigenvalue weighted by atomic mass is 19.1. The molecule has 1 heterocycles. The van der Waals surface area contributed by atoms with Gasteiger partial charge in [0.15, 0.2) is 5.69 Å². The summed E-state index contributed by atoms with van der Waals surface area (Å²) in [6, 6.07) is 11.9. The van der Waals surface area contributed by atoms with Crippen LogP contribution in [0.25, 0.3) is 10.9 Å². The molecule has 0 spiro atoms. The van der Waals surface area contributed by atoms with Crippen LogP contribution in [0.15, 0.2) is 42.5 Å². The number of aromatic nitrogens is 2. The third-order valence-electron chi connectivity index (χ3n) is 3.15. The Morgan fingerprint density at radius 3 is 2.80 bits per heavy atom. The van der Waals surface area contributed by atoms with Crippen molar-refractivity contribution in [1.29, 1.82) is 0 Å². The van der Waals surface area contributed by atoms with Gasteiger partial charge < -0.3 is 5.32 Å². The van der Waals surface area contributed by atoms with Crippen molar-refractivity contribution in [1.82, 2.24) is 10.2 Å². The zero-order valence-corrected chi connectivity index (χ0v) is 10.8. The number of amides is 1. The fourth-order valence-corrected chi connectivity index (χ4v) is 2.10. The molecule has 3 rings (SSSR count). The number of fused-ring (bicyclic) bond motifs is 1. The summed E-state index contributed by atoms with van der Waals surface area (Å²) in [5.41, 5.74) is 1.87. The lowest BCUT2D eigenvalue weighted by Crippen LogP contribution is -2.14. The van der Waals surface area contributed by atoms with E-state index in [9.17, 15) is 9.18 Å². The lowest BCUT2D eigenvalue weighted by atomic mass is 10.1. The third kappa shape index (κ3) is 2.03. The number of carbonyl (C=O) groups is 1. The van der Waals surface area contributed by atoms with Crippen LogP contribution in [0.2, 0.25) is 0 Å². The average molecular weight is 269 g/mol. The summed E-state index contributed by atoms with van der Waals surface area (Å²) in [6.45, 7) is 1.74. The van der Waals surface area contributed by atoms with Crippen LogP contribution in [-0.2, 0) is 0 Å². The van der Waals surface area contributed by atoms with Crippen LogP contribution in [0.4, 0.5) is 10.1 Å². The minimum Gasteiger partial charge on any atom is -0.318 e. The van der Waals surface area contributed by atoms with Gasteiger partial charge in [-0.3, -0.25) is 9.89 Å². The minimum absolute atomic E-state index is 0.185. The van der Waals surface area contributed by atoms with Gasteiger partial charge in [-0.25, -0.2) is 4.39 Å². The van der Waals surface area contributed by atoms with Crippen molar-refractivity contribution >= 4 is 22.5 Å². The highest BCUT2D eigenvalue weighted by Gasteiger charge is 2.16. The molecule has 0 aliphatic carbocycles. The molecule has 100 valence electrons. The molecular formula is C15H12FN3O. The number of nitrogens with zero attached hydrogens (tertiary/aromatic N) is 1. The largest absolute Gasteiger partial charge is 0.318 e. The Morgan fingerprint density at radius 1 is 1.20 bits per heavy atom. The van der Waals surface area contributed by atoms with E-state index in [1.165, 1.54) is 6.07 Å². The molecule has 0 radical (unpaired) electrons. The first kappa shape index (κ1) is 12.3. The minimum atomic E-state index is -0.460. The number of anilines is 1. The highest BCUT2D eigenvalue weighted by Crippen LogP contribution is 2.21. The van der Waals surface area contributed by atoms with E-state index in [0.717, 1.165) is 5.52 Å². The molecule has 20 heavy (non-hydrogen) atoms. The van der Waals surface area contributed by atoms with E-state index in [2.05, 4.69) is 15.5 Å². The molecule has 4 nitrogen and oxygen atoms in total. The molecule has 0 atom stereocenters. The van der Waals surface area contributed by atoms with Gasteiger partial charge >= 0.3 is 0 Å². The maximum absolute atomic E-state index is 13.7. The van der Waals surface area contributed by atoms with Gasteiger partial charge in [-0.1, -0.05) is 30.3 Å². The molecule has 0 saturated carbocycles. The predicted molar refractivity (Wildman–Crippen MR) is 75.2 cm³/mol. The van der Waals surface area contributed by atoms with E-state index >= 15 is 0 Å². The Hall–Kier alpha value is -2.69. The number of nitrogens with one attached hydrogen (secondary N) is 2. The van der Waals surface area contributed by atoms with Gasteiger partial charge in [0.25, 0.3) is 5.91 Å². The van der Waals surface area contributed by atoms with Crippen LogP contribution in [-0.4, -0.2) is 16.1 Å². The molecule has 0 saturated heterocycles. The van der Waals surface area contributed by atoms with Crippen LogP contribution < -0.4 is 5.32 Å².